The van der Waals surface area contributed by atoms with Gasteiger partial charge in [0, 0.05) is 5.56 Å². The van der Waals surface area contributed by atoms with Crippen molar-refractivity contribution < 1.29 is 14.3 Å². The first kappa shape index (κ1) is 12.3. The van der Waals surface area contributed by atoms with Crippen LogP contribution in [0.1, 0.15) is 21.5 Å². The molecule has 3 heteroatoms. The van der Waals surface area contributed by atoms with Crippen molar-refractivity contribution in [1.82, 2.24) is 0 Å². The standard InChI is InChI=1S/C15H13FO2/c1-9-4-3-5-12(10(9)2)13-7-6-11(15(17)18)8-14(13)16/h3-8H,1-2H3,(H,17,18). The average Bonchev–Trinajstić information content (AvgIpc) is 2.33. The van der Waals surface area contributed by atoms with Gasteiger partial charge in [0.05, 0.1) is 5.56 Å². The third-order valence-electron chi connectivity index (χ3n) is 3.11. The lowest BCUT2D eigenvalue weighted by atomic mass is 9.96. The molecule has 0 amide bonds. The minimum Gasteiger partial charge on any atom is -0.478 e. The second-order valence-electron chi connectivity index (χ2n) is 4.25. The third kappa shape index (κ3) is 2.12. The summed E-state index contributed by atoms with van der Waals surface area (Å²) in [6.45, 7) is 3.89. The molecule has 0 aliphatic carbocycles. The van der Waals surface area contributed by atoms with Gasteiger partial charge >= 0.3 is 5.97 Å². The highest BCUT2D eigenvalue weighted by atomic mass is 19.1. The Bertz CT molecular complexity index is 618. The Balaban J connectivity index is 2.58. The van der Waals surface area contributed by atoms with Crippen molar-refractivity contribution in [3.05, 3.63) is 58.9 Å². The fourth-order valence-electron chi connectivity index (χ4n) is 1.91. The molecule has 18 heavy (non-hydrogen) atoms. The second-order valence-corrected chi connectivity index (χ2v) is 4.25. The van der Waals surface area contributed by atoms with Gasteiger partial charge < -0.3 is 5.11 Å². The van der Waals surface area contributed by atoms with Crippen LogP contribution in [0.25, 0.3) is 11.1 Å². The number of carboxylic acids is 1. The highest BCUT2D eigenvalue weighted by Crippen LogP contribution is 2.28. The molecule has 92 valence electrons. The molecule has 0 unspecified atom stereocenters. The van der Waals surface area contributed by atoms with Gasteiger partial charge in [-0.15, -0.1) is 0 Å². The first-order valence-electron chi connectivity index (χ1n) is 5.60. The molecule has 0 bridgehead atoms. The summed E-state index contributed by atoms with van der Waals surface area (Å²) in [4.78, 5) is 10.8. The van der Waals surface area contributed by atoms with Gasteiger partial charge in [-0.25, -0.2) is 9.18 Å². The number of benzene rings is 2. The van der Waals surface area contributed by atoms with Crippen molar-refractivity contribution in [2.45, 2.75) is 13.8 Å². The molecule has 0 aromatic heterocycles. The fraction of sp³-hybridized carbons (Fsp3) is 0.133. The van der Waals surface area contributed by atoms with E-state index in [9.17, 15) is 9.18 Å². The van der Waals surface area contributed by atoms with Crippen molar-refractivity contribution in [3.63, 3.8) is 0 Å². The largest absolute Gasteiger partial charge is 0.478 e. The molecule has 0 fully saturated rings. The Labute approximate surface area is 105 Å². The first-order valence-corrected chi connectivity index (χ1v) is 5.60. The van der Waals surface area contributed by atoms with Gasteiger partial charge in [-0.3, -0.25) is 0 Å². The zero-order chi connectivity index (χ0) is 13.3. The van der Waals surface area contributed by atoms with Crippen molar-refractivity contribution in [2.75, 3.05) is 0 Å². The van der Waals surface area contributed by atoms with Gasteiger partial charge in [0.15, 0.2) is 0 Å². The molecule has 0 saturated heterocycles. The van der Waals surface area contributed by atoms with Crippen LogP contribution in [0.3, 0.4) is 0 Å². The highest BCUT2D eigenvalue weighted by molar-refractivity contribution is 5.88. The summed E-state index contributed by atoms with van der Waals surface area (Å²) < 4.78 is 13.9. The van der Waals surface area contributed by atoms with E-state index in [2.05, 4.69) is 0 Å². The van der Waals surface area contributed by atoms with Crippen LogP contribution in [0.2, 0.25) is 0 Å². The lowest BCUT2D eigenvalue weighted by Gasteiger charge is -2.10. The molecule has 0 saturated carbocycles. The Morgan fingerprint density at radius 2 is 1.83 bits per heavy atom. The number of rotatable bonds is 2. The van der Waals surface area contributed by atoms with Crippen LogP contribution >= 0.6 is 0 Å². The highest BCUT2D eigenvalue weighted by Gasteiger charge is 2.11. The monoisotopic (exact) mass is 244 g/mol. The molecule has 0 atom stereocenters. The topological polar surface area (TPSA) is 37.3 Å². The predicted molar refractivity (Wildman–Crippen MR) is 68.3 cm³/mol. The van der Waals surface area contributed by atoms with E-state index < -0.39 is 11.8 Å². The SMILES string of the molecule is Cc1cccc(-c2ccc(C(=O)O)cc2F)c1C. The first-order chi connectivity index (χ1) is 8.50. The smallest absolute Gasteiger partial charge is 0.335 e. The molecule has 0 heterocycles. The quantitative estimate of drug-likeness (QED) is 0.872. The summed E-state index contributed by atoms with van der Waals surface area (Å²) in [7, 11) is 0. The molecule has 0 radical (unpaired) electrons. The Morgan fingerprint density at radius 1 is 1.11 bits per heavy atom. The minimum atomic E-state index is -1.12. The van der Waals surface area contributed by atoms with Crippen LogP contribution in [0.4, 0.5) is 4.39 Å². The molecule has 0 spiro atoms. The van der Waals surface area contributed by atoms with Crippen LogP contribution in [0.5, 0.6) is 0 Å². The van der Waals surface area contributed by atoms with Crippen molar-refractivity contribution in [3.8, 4) is 11.1 Å². The van der Waals surface area contributed by atoms with E-state index in [0.717, 1.165) is 22.8 Å². The van der Waals surface area contributed by atoms with E-state index in [1.807, 2.05) is 32.0 Å². The molecule has 2 aromatic rings. The van der Waals surface area contributed by atoms with E-state index in [-0.39, 0.29) is 5.56 Å². The molecule has 2 aromatic carbocycles. The van der Waals surface area contributed by atoms with Gasteiger partial charge in [-0.2, -0.15) is 0 Å². The van der Waals surface area contributed by atoms with E-state index in [1.165, 1.54) is 12.1 Å². The third-order valence-corrected chi connectivity index (χ3v) is 3.11. The number of hydrogen-bond acceptors (Lipinski definition) is 1. The number of aryl methyl sites for hydroxylation is 1. The summed E-state index contributed by atoms with van der Waals surface area (Å²) in [5.74, 6) is -1.63. The van der Waals surface area contributed by atoms with E-state index in [1.54, 1.807) is 0 Å². The van der Waals surface area contributed by atoms with E-state index in [0.29, 0.717) is 5.56 Å². The fourth-order valence-corrected chi connectivity index (χ4v) is 1.91. The van der Waals surface area contributed by atoms with Gasteiger partial charge in [0.25, 0.3) is 0 Å². The van der Waals surface area contributed by atoms with Crippen LogP contribution in [0.15, 0.2) is 36.4 Å². The predicted octanol–water partition coefficient (Wildman–Crippen LogP) is 3.81. The van der Waals surface area contributed by atoms with Crippen molar-refractivity contribution >= 4 is 5.97 Å². The second kappa shape index (κ2) is 4.61. The molecule has 2 nitrogen and oxygen atoms in total. The number of halogens is 1. The minimum absolute atomic E-state index is 0.0402. The van der Waals surface area contributed by atoms with Crippen LogP contribution in [-0.4, -0.2) is 11.1 Å². The number of aromatic carboxylic acids is 1. The Hall–Kier alpha value is -2.16. The van der Waals surface area contributed by atoms with Crippen molar-refractivity contribution in [1.29, 1.82) is 0 Å². The number of carboxylic acid groups (broad SMARTS) is 1. The van der Waals surface area contributed by atoms with E-state index in [4.69, 9.17) is 5.11 Å². The maximum Gasteiger partial charge on any atom is 0.335 e. The average molecular weight is 244 g/mol. The number of hydrogen-bond donors (Lipinski definition) is 1. The zero-order valence-electron chi connectivity index (χ0n) is 10.2. The molecular formula is C15H13FO2. The Kier molecular flexibility index (Phi) is 3.15. The van der Waals surface area contributed by atoms with Crippen LogP contribution < -0.4 is 0 Å². The van der Waals surface area contributed by atoms with Crippen molar-refractivity contribution in [2.24, 2.45) is 0 Å². The zero-order valence-corrected chi connectivity index (χ0v) is 10.2. The van der Waals surface area contributed by atoms with Gasteiger partial charge in [0.1, 0.15) is 5.82 Å². The molecule has 2 rings (SSSR count). The Morgan fingerprint density at radius 3 is 2.44 bits per heavy atom. The number of carbonyl (C=O) groups is 1. The summed E-state index contributed by atoms with van der Waals surface area (Å²) in [6.07, 6.45) is 0. The summed E-state index contributed by atoms with van der Waals surface area (Å²) in [5.41, 5.74) is 3.26. The summed E-state index contributed by atoms with van der Waals surface area (Å²) in [6, 6.07) is 9.65. The molecular weight excluding hydrogens is 231 g/mol. The van der Waals surface area contributed by atoms with Crippen LogP contribution in [-0.2, 0) is 0 Å². The van der Waals surface area contributed by atoms with Gasteiger partial charge in [-0.05, 0) is 42.7 Å². The maximum absolute atomic E-state index is 13.9. The molecule has 0 aliphatic rings. The van der Waals surface area contributed by atoms with Crippen LogP contribution in [0, 0.1) is 19.7 Å². The lowest BCUT2D eigenvalue weighted by Crippen LogP contribution is -1.98. The van der Waals surface area contributed by atoms with Gasteiger partial charge in [-0.1, -0.05) is 24.3 Å². The summed E-state index contributed by atoms with van der Waals surface area (Å²) >= 11 is 0. The molecule has 0 aliphatic heterocycles. The summed E-state index contributed by atoms with van der Waals surface area (Å²) in [5, 5.41) is 8.80. The normalized spacial score (nSPS) is 10.4. The van der Waals surface area contributed by atoms with E-state index >= 15 is 0 Å². The lowest BCUT2D eigenvalue weighted by molar-refractivity contribution is 0.0696. The maximum atomic E-state index is 13.9. The van der Waals surface area contributed by atoms with Gasteiger partial charge in [0.2, 0.25) is 0 Å². The molecule has 1 N–H and O–H groups in total.